The minimum absolute atomic E-state index is 0.163. The fourth-order valence-electron chi connectivity index (χ4n) is 2.63. The predicted octanol–water partition coefficient (Wildman–Crippen LogP) is 4.88. The number of rotatable bonds is 2. The number of nitrogens with zero attached hydrogens (tertiary/aromatic N) is 2. The van der Waals surface area contributed by atoms with Crippen molar-refractivity contribution < 1.29 is 4.79 Å². The van der Waals surface area contributed by atoms with E-state index >= 15 is 0 Å². The molecule has 118 valence electrons. The Hall–Kier alpha value is -1.84. The summed E-state index contributed by atoms with van der Waals surface area (Å²) < 4.78 is 0. The van der Waals surface area contributed by atoms with Crippen LogP contribution < -0.4 is 0 Å². The Bertz CT molecular complexity index is 759. The van der Waals surface area contributed by atoms with Crippen molar-refractivity contribution in [3.05, 3.63) is 69.7 Å². The highest BCUT2D eigenvalue weighted by molar-refractivity contribution is 6.42. The number of carbonyl (C=O) groups is 1. The number of hydrogen-bond acceptors (Lipinski definition) is 2. The topological polar surface area (TPSA) is 32.7 Å². The summed E-state index contributed by atoms with van der Waals surface area (Å²) in [5.41, 5.74) is 2.47. The number of halogens is 2. The Morgan fingerprint density at radius 2 is 1.87 bits per heavy atom. The molecule has 0 aromatic heterocycles. The lowest BCUT2D eigenvalue weighted by Gasteiger charge is -2.28. The molecule has 0 bridgehead atoms. The SMILES string of the molecule is C[C@@H]1CC(c2ccccc2)=NN(C(=O)c2ccc(Cl)c(Cl)c2)C1. The monoisotopic (exact) mass is 346 g/mol. The molecular formula is C18H16Cl2N2O. The van der Waals surface area contributed by atoms with E-state index in [0.717, 1.165) is 17.7 Å². The Balaban J connectivity index is 1.91. The van der Waals surface area contributed by atoms with Gasteiger partial charge < -0.3 is 0 Å². The van der Waals surface area contributed by atoms with Crippen LogP contribution in [0.25, 0.3) is 0 Å². The Morgan fingerprint density at radius 3 is 2.57 bits per heavy atom. The molecule has 0 unspecified atom stereocenters. The second-order valence-corrected chi connectivity index (χ2v) is 6.55. The standard InChI is InChI=1S/C18H16Cl2N2O/c1-12-9-17(13-5-3-2-4-6-13)21-22(11-12)18(23)14-7-8-15(19)16(20)10-14/h2-8,10,12H,9,11H2,1H3/t12-/m1/s1. The van der Waals surface area contributed by atoms with Crippen molar-refractivity contribution in [2.75, 3.05) is 6.54 Å². The Labute approximate surface area is 145 Å². The van der Waals surface area contributed by atoms with Gasteiger partial charge in [-0.15, -0.1) is 0 Å². The lowest BCUT2D eigenvalue weighted by molar-refractivity contribution is 0.0727. The second-order valence-electron chi connectivity index (χ2n) is 5.74. The molecule has 0 fully saturated rings. The number of hydrogen-bond donors (Lipinski definition) is 0. The van der Waals surface area contributed by atoms with Crippen LogP contribution in [-0.2, 0) is 0 Å². The zero-order valence-corrected chi connectivity index (χ0v) is 14.2. The quantitative estimate of drug-likeness (QED) is 0.762. The van der Waals surface area contributed by atoms with Gasteiger partial charge in [-0.1, -0.05) is 60.5 Å². The third kappa shape index (κ3) is 3.57. The molecule has 5 heteroatoms. The highest BCUT2D eigenvalue weighted by atomic mass is 35.5. The molecule has 1 atom stereocenters. The molecule has 0 radical (unpaired) electrons. The van der Waals surface area contributed by atoms with Crippen LogP contribution in [0.4, 0.5) is 0 Å². The van der Waals surface area contributed by atoms with Gasteiger partial charge in [0.2, 0.25) is 0 Å². The molecule has 0 aliphatic carbocycles. The number of carbonyl (C=O) groups excluding carboxylic acids is 1. The molecule has 3 nitrogen and oxygen atoms in total. The van der Waals surface area contributed by atoms with Gasteiger partial charge in [-0.3, -0.25) is 4.79 Å². The van der Waals surface area contributed by atoms with Crippen LogP contribution in [0.3, 0.4) is 0 Å². The zero-order chi connectivity index (χ0) is 16.4. The van der Waals surface area contributed by atoms with E-state index in [-0.39, 0.29) is 5.91 Å². The average molecular weight is 347 g/mol. The fourth-order valence-corrected chi connectivity index (χ4v) is 2.93. The summed E-state index contributed by atoms with van der Waals surface area (Å²) >= 11 is 11.9. The van der Waals surface area contributed by atoms with Gasteiger partial charge in [0, 0.05) is 12.1 Å². The molecule has 0 saturated carbocycles. The lowest BCUT2D eigenvalue weighted by atomic mass is 9.97. The molecule has 1 aliphatic heterocycles. The fraction of sp³-hybridized carbons (Fsp3) is 0.222. The highest BCUT2D eigenvalue weighted by Gasteiger charge is 2.25. The first kappa shape index (κ1) is 16.0. The average Bonchev–Trinajstić information content (AvgIpc) is 2.57. The third-order valence-corrected chi connectivity index (χ3v) is 4.51. The molecule has 0 N–H and O–H groups in total. The third-order valence-electron chi connectivity index (χ3n) is 3.78. The largest absolute Gasteiger partial charge is 0.274 e. The molecule has 1 amide bonds. The van der Waals surface area contributed by atoms with Crippen molar-refractivity contribution >= 4 is 34.8 Å². The van der Waals surface area contributed by atoms with Crippen molar-refractivity contribution in [2.45, 2.75) is 13.3 Å². The van der Waals surface area contributed by atoms with Gasteiger partial charge >= 0.3 is 0 Å². The maximum atomic E-state index is 12.7. The van der Waals surface area contributed by atoms with Gasteiger partial charge in [-0.05, 0) is 36.1 Å². The van der Waals surface area contributed by atoms with Crippen molar-refractivity contribution in [1.82, 2.24) is 5.01 Å². The van der Waals surface area contributed by atoms with Gasteiger partial charge in [-0.25, -0.2) is 5.01 Å². The van der Waals surface area contributed by atoms with Crippen molar-refractivity contribution in [1.29, 1.82) is 0 Å². The molecule has 0 saturated heterocycles. The lowest BCUT2D eigenvalue weighted by Crippen LogP contribution is -2.36. The molecular weight excluding hydrogens is 331 g/mol. The zero-order valence-electron chi connectivity index (χ0n) is 12.7. The number of hydrazone groups is 1. The van der Waals surface area contributed by atoms with Crippen LogP contribution in [0.5, 0.6) is 0 Å². The van der Waals surface area contributed by atoms with Gasteiger partial charge in [0.25, 0.3) is 5.91 Å². The van der Waals surface area contributed by atoms with E-state index in [1.807, 2.05) is 30.3 Å². The highest BCUT2D eigenvalue weighted by Crippen LogP contribution is 2.25. The molecule has 2 aromatic carbocycles. The van der Waals surface area contributed by atoms with E-state index in [9.17, 15) is 4.79 Å². The van der Waals surface area contributed by atoms with Crippen LogP contribution in [0.15, 0.2) is 53.6 Å². The van der Waals surface area contributed by atoms with Crippen molar-refractivity contribution in [3.63, 3.8) is 0 Å². The summed E-state index contributed by atoms with van der Waals surface area (Å²) in [6.45, 7) is 2.71. The van der Waals surface area contributed by atoms with Crippen molar-refractivity contribution in [3.8, 4) is 0 Å². The van der Waals surface area contributed by atoms with Crippen LogP contribution >= 0.6 is 23.2 Å². The first-order valence-corrected chi connectivity index (χ1v) is 8.20. The molecule has 0 spiro atoms. The van der Waals surface area contributed by atoms with E-state index in [4.69, 9.17) is 23.2 Å². The number of amides is 1. The van der Waals surface area contributed by atoms with Crippen LogP contribution in [-0.4, -0.2) is 23.2 Å². The van der Waals surface area contributed by atoms with Gasteiger partial charge in [-0.2, -0.15) is 5.10 Å². The van der Waals surface area contributed by atoms with Crippen LogP contribution in [0.2, 0.25) is 10.0 Å². The van der Waals surface area contributed by atoms with E-state index in [2.05, 4.69) is 12.0 Å². The number of benzene rings is 2. The molecule has 23 heavy (non-hydrogen) atoms. The van der Waals surface area contributed by atoms with E-state index in [1.54, 1.807) is 18.2 Å². The van der Waals surface area contributed by atoms with Gasteiger partial charge in [0.05, 0.1) is 15.8 Å². The summed E-state index contributed by atoms with van der Waals surface area (Å²) in [5, 5.41) is 6.88. The van der Waals surface area contributed by atoms with Crippen molar-refractivity contribution in [2.24, 2.45) is 11.0 Å². The van der Waals surface area contributed by atoms with E-state index < -0.39 is 0 Å². The summed E-state index contributed by atoms with van der Waals surface area (Å²) in [5.74, 6) is 0.179. The Morgan fingerprint density at radius 1 is 1.13 bits per heavy atom. The summed E-state index contributed by atoms with van der Waals surface area (Å²) in [6.07, 6.45) is 0.856. The molecule has 1 heterocycles. The molecule has 2 aromatic rings. The second kappa shape index (κ2) is 6.73. The van der Waals surface area contributed by atoms with Gasteiger partial charge in [0.15, 0.2) is 0 Å². The van der Waals surface area contributed by atoms with Crippen LogP contribution in [0.1, 0.15) is 29.3 Å². The summed E-state index contributed by atoms with van der Waals surface area (Å²) in [6, 6.07) is 14.8. The van der Waals surface area contributed by atoms with Gasteiger partial charge in [0.1, 0.15) is 0 Å². The van der Waals surface area contributed by atoms with E-state index in [1.165, 1.54) is 5.01 Å². The molecule has 3 rings (SSSR count). The summed E-state index contributed by atoms with van der Waals surface area (Å²) in [7, 11) is 0. The smallest absolute Gasteiger partial charge is 0.267 e. The molecule has 1 aliphatic rings. The Kier molecular flexibility index (Phi) is 4.69. The predicted molar refractivity (Wildman–Crippen MR) is 94.3 cm³/mol. The minimum atomic E-state index is -0.163. The first-order valence-electron chi connectivity index (χ1n) is 7.44. The maximum Gasteiger partial charge on any atom is 0.274 e. The van der Waals surface area contributed by atoms with E-state index in [0.29, 0.717) is 28.1 Å². The summed E-state index contributed by atoms with van der Waals surface area (Å²) in [4.78, 5) is 12.7. The minimum Gasteiger partial charge on any atom is -0.267 e. The normalized spacial score (nSPS) is 17.8. The first-order chi connectivity index (χ1) is 11.0. The maximum absolute atomic E-state index is 12.7. The van der Waals surface area contributed by atoms with Crippen LogP contribution in [0, 0.1) is 5.92 Å².